The van der Waals surface area contributed by atoms with E-state index < -0.39 is 5.91 Å². The van der Waals surface area contributed by atoms with Crippen molar-refractivity contribution in [3.8, 4) is 11.1 Å². The molecule has 2 aromatic rings. The molecule has 0 spiro atoms. The van der Waals surface area contributed by atoms with Crippen LogP contribution in [0.4, 0.5) is 5.95 Å². The van der Waals surface area contributed by atoms with Crippen molar-refractivity contribution < 1.29 is 4.79 Å². The SMILES string of the molecule is Cl.NC(=O)c1ccc(-c2cnc(N3CCNCC3)nc2)cc1. The number of amides is 1. The van der Waals surface area contributed by atoms with Crippen LogP contribution in [0.2, 0.25) is 0 Å². The molecule has 1 aromatic heterocycles. The molecule has 3 rings (SSSR count). The summed E-state index contributed by atoms with van der Waals surface area (Å²) in [6.45, 7) is 3.76. The lowest BCUT2D eigenvalue weighted by atomic mass is 10.1. The van der Waals surface area contributed by atoms with Crippen LogP contribution in [0.3, 0.4) is 0 Å². The monoisotopic (exact) mass is 319 g/mol. The number of carbonyl (C=O) groups is 1. The molecule has 1 aliphatic rings. The van der Waals surface area contributed by atoms with Crippen molar-refractivity contribution in [2.75, 3.05) is 31.1 Å². The Hall–Kier alpha value is -2.18. The van der Waals surface area contributed by atoms with E-state index in [1.807, 2.05) is 24.5 Å². The number of hydrogen-bond donors (Lipinski definition) is 2. The zero-order valence-electron chi connectivity index (χ0n) is 12.0. The number of halogens is 1. The van der Waals surface area contributed by atoms with Crippen LogP contribution in [0.5, 0.6) is 0 Å². The van der Waals surface area contributed by atoms with Gasteiger partial charge in [-0.25, -0.2) is 9.97 Å². The largest absolute Gasteiger partial charge is 0.366 e. The predicted molar refractivity (Wildman–Crippen MR) is 88.3 cm³/mol. The summed E-state index contributed by atoms with van der Waals surface area (Å²) in [4.78, 5) is 22.1. The quantitative estimate of drug-likeness (QED) is 0.884. The summed E-state index contributed by atoms with van der Waals surface area (Å²) >= 11 is 0. The van der Waals surface area contributed by atoms with Crippen LogP contribution in [0.25, 0.3) is 11.1 Å². The number of nitrogens with two attached hydrogens (primary N) is 1. The van der Waals surface area contributed by atoms with Gasteiger partial charge in [-0.3, -0.25) is 4.79 Å². The van der Waals surface area contributed by atoms with Crippen LogP contribution >= 0.6 is 12.4 Å². The van der Waals surface area contributed by atoms with Crippen molar-refractivity contribution in [1.82, 2.24) is 15.3 Å². The average Bonchev–Trinajstić information content (AvgIpc) is 2.56. The number of nitrogens with zero attached hydrogens (tertiary/aromatic N) is 3. The Morgan fingerprint density at radius 2 is 1.64 bits per heavy atom. The van der Waals surface area contributed by atoms with Crippen molar-refractivity contribution in [3.63, 3.8) is 0 Å². The summed E-state index contributed by atoms with van der Waals surface area (Å²) in [5.74, 6) is 0.334. The second kappa shape index (κ2) is 7.20. The maximum absolute atomic E-state index is 11.1. The second-order valence-electron chi connectivity index (χ2n) is 4.95. The van der Waals surface area contributed by atoms with Crippen molar-refractivity contribution in [1.29, 1.82) is 0 Å². The number of aromatic nitrogens is 2. The van der Waals surface area contributed by atoms with E-state index in [1.54, 1.807) is 12.1 Å². The van der Waals surface area contributed by atoms with Crippen LogP contribution < -0.4 is 16.0 Å². The molecule has 0 unspecified atom stereocenters. The van der Waals surface area contributed by atoms with Crippen LogP contribution in [0.15, 0.2) is 36.7 Å². The molecule has 0 aliphatic carbocycles. The second-order valence-corrected chi connectivity index (χ2v) is 4.95. The average molecular weight is 320 g/mol. The van der Waals surface area contributed by atoms with Crippen LogP contribution in [-0.2, 0) is 0 Å². The van der Waals surface area contributed by atoms with Gasteiger partial charge in [-0.1, -0.05) is 12.1 Å². The number of anilines is 1. The lowest BCUT2D eigenvalue weighted by Crippen LogP contribution is -2.44. The summed E-state index contributed by atoms with van der Waals surface area (Å²) in [6, 6.07) is 7.12. The highest BCUT2D eigenvalue weighted by Crippen LogP contribution is 2.19. The van der Waals surface area contributed by atoms with Gasteiger partial charge in [0, 0.05) is 49.7 Å². The van der Waals surface area contributed by atoms with E-state index in [1.165, 1.54) is 0 Å². The Labute approximate surface area is 135 Å². The lowest BCUT2D eigenvalue weighted by molar-refractivity contribution is 0.100. The fourth-order valence-electron chi connectivity index (χ4n) is 2.33. The van der Waals surface area contributed by atoms with Gasteiger partial charge in [-0.2, -0.15) is 0 Å². The highest BCUT2D eigenvalue weighted by Gasteiger charge is 2.12. The molecule has 2 heterocycles. The molecule has 0 radical (unpaired) electrons. The Morgan fingerprint density at radius 3 is 2.18 bits per heavy atom. The Bertz CT molecular complexity index is 623. The summed E-state index contributed by atoms with van der Waals surface area (Å²) in [6.07, 6.45) is 3.62. The number of rotatable bonds is 3. The van der Waals surface area contributed by atoms with Gasteiger partial charge >= 0.3 is 0 Å². The van der Waals surface area contributed by atoms with Crippen LogP contribution in [0, 0.1) is 0 Å². The van der Waals surface area contributed by atoms with E-state index >= 15 is 0 Å². The van der Waals surface area contributed by atoms with Gasteiger partial charge in [0.2, 0.25) is 11.9 Å². The molecular weight excluding hydrogens is 302 g/mol. The molecule has 1 aliphatic heterocycles. The Morgan fingerprint density at radius 1 is 1.05 bits per heavy atom. The van der Waals surface area contributed by atoms with Gasteiger partial charge in [0.1, 0.15) is 0 Å². The molecule has 1 amide bonds. The topological polar surface area (TPSA) is 84.1 Å². The molecule has 116 valence electrons. The van der Waals surface area contributed by atoms with Gasteiger partial charge in [-0.15, -0.1) is 12.4 Å². The van der Waals surface area contributed by atoms with E-state index in [2.05, 4.69) is 20.2 Å². The molecule has 1 aromatic carbocycles. The third-order valence-corrected chi connectivity index (χ3v) is 3.54. The summed E-state index contributed by atoms with van der Waals surface area (Å²) in [5, 5.41) is 3.30. The highest BCUT2D eigenvalue weighted by atomic mass is 35.5. The van der Waals surface area contributed by atoms with Crippen molar-refractivity contribution in [3.05, 3.63) is 42.2 Å². The summed E-state index contributed by atoms with van der Waals surface area (Å²) < 4.78 is 0. The summed E-state index contributed by atoms with van der Waals surface area (Å²) in [7, 11) is 0. The number of benzene rings is 1. The molecule has 0 atom stereocenters. The number of piperazine rings is 1. The normalized spacial score (nSPS) is 14.3. The zero-order chi connectivity index (χ0) is 14.7. The van der Waals surface area contributed by atoms with Crippen molar-refractivity contribution in [2.45, 2.75) is 0 Å². The van der Waals surface area contributed by atoms with Crippen LogP contribution in [-0.4, -0.2) is 42.1 Å². The predicted octanol–water partition coefficient (Wildman–Crippen LogP) is 1.07. The lowest BCUT2D eigenvalue weighted by Gasteiger charge is -2.27. The van der Waals surface area contributed by atoms with Gasteiger partial charge in [0.25, 0.3) is 0 Å². The fraction of sp³-hybridized carbons (Fsp3) is 0.267. The van der Waals surface area contributed by atoms with Gasteiger partial charge in [0.05, 0.1) is 0 Å². The van der Waals surface area contributed by atoms with Gasteiger partial charge in [-0.05, 0) is 17.7 Å². The highest BCUT2D eigenvalue weighted by molar-refractivity contribution is 5.93. The first kappa shape index (κ1) is 16.2. The zero-order valence-corrected chi connectivity index (χ0v) is 12.8. The first-order valence-corrected chi connectivity index (χ1v) is 6.92. The number of carbonyl (C=O) groups excluding carboxylic acids is 1. The molecule has 6 nitrogen and oxygen atoms in total. The van der Waals surface area contributed by atoms with E-state index in [-0.39, 0.29) is 12.4 Å². The van der Waals surface area contributed by atoms with E-state index in [9.17, 15) is 4.79 Å². The van der Waals surface area contributed by atoms with Crippen molar-refractivity contribution >= 4 is 24.3 Å². The van der Waals surface area contributed by atoms with Crippen LogP contribution in [0.1, 0.15) is 10.4 Å². The molecular formula is C15H18ClN5O. The first-order valence-electron chi connectivity index (χ1n) is 6.92. The Kier molecular flexibility index (Phi) is 5.30. The number of hydrogen-bond acceptors (Lipinski definition) is 5. The first-order chi connectivity index (χ1) is 10.2. The Balaban J connectivity index is 0.00000176. The fourth-order valence-corrected chi connectivity index (χ4v) is 2.33. The van der Waals surface area contributed by atoms with Crippen molar-refractivity contribution in [2.24, 2.45) is 5.73 Å². The minimum atomic E-state index is -0.424. The smallest absolute Gasteiger partial charge is 0.248 e. The minimum absolute atomic E-state index is 0. The molecule has 7 heteroatoms. The van der Waals surface area contributed by atoms with E-state index in [4.69, 9.17) is 5.73 Å². The third kappa shape index (κ3) is 3.52. The van der Waals surface area contributed by atoms with E-state index in [0.717, 1.165) is 43.3 Å². The van der Waals surface area contributed by atoms with Gasteiger partial charge in [0.15, 0.2) is 0 Å². The maximum Gasteiger partial charge on any atom is 0.248 e. The molecule has 0 bridgehead atoms. The molecule has 22 heavy (non-hydrogen) atoms. The number of nitrogens with one attached hydrogen (secondary N) is 1. The van der Waals surface area contributed by atoms with Gasteiger partial charge < -0.3 is 16.0 Å². The molecule has 1 fully saturated rings. The molecule has 1 saturated heterocycles. The third-order valence-electron chi connectivity index (χ3n) is 3.54. The minimum Gasteiger partial charge on any atom is -0.366 e. The molecule has 3 N–H and O–H groups in total. The van der Waals surface area contributed by atoms with E-state index in [0.29, 0.717) is 5.56 Å². The summed E-state index contributed by atoms with van der Waals surface area (Å²) in [5.41, 5.74) is 7.61. The standard InChI is InChI=1S/C15H17N5O.ClH/c16-14(21)12-3-1-11(2-4-12)13-9-18-15(19-10-13)20-7-5-17-6-8-20;/h1-4,9-10,17H,5-8H2,(H2,16,21);1H. The molecule has 0 saturated carbocycles. The number of primary amides is 1. The maximum atomic E-state index is 11.1.